The summed E-state index contributed by atoms with van der Waals surface area (Å²) in [5, 5.41) is 4.93. The molecule has 1 fully saturated rings. The van der Waals surface area contributed by atoms with Crippen molar-refractivity contribution in [2.45, 2.75) is 45.6 Å². The largest absolute Gasteiger partial charge is 0.314 e. The van der Waals surface area contributed by atoms with Gasteiger partial charge in [-0.2, -0.15) is 0 Å². The summed E-state index contributed by atoms with van der Waals surface area (Å²) >= 11 is 0. The fourth-order valence-corrected chi connectivity index (χ4v) is 3.71. The highest BCUT2D eigenvalue weighted by Crippen LogP contribution is 2.41. The van der Waals surface area contributed by atoms with Crippen LogP contribution in [-0.4, -0.2) is 17.6 Å². The van der Waals surface area contributed by atoms with Gasteiger partial charge < -0.3 is 5.32 Å². The van der Waals surface area contributed by atoms with Crippen LogP contribution in [0.15, 0.2) is 36.5 Å². The third-order valence-corrected chi connectivity index (χ3v) is 4.68. The Morgan fingerprint density at radius 1 is 1.30 bits per heavy atom. The van der Waals surface area contributed by atoms with Crippen LogP contribution in [0.3, 0.4) is 0 Å². The molecule has 1 saturated carbocycles. The van der Waals surface area contributed by atoms with Crippen LogP contribution in [0.1, 0.15) is 38.7 Å². The van der Waals surface area contributed by atoms with Gasteiger partial charge in [0.2, 0.25) is 0 Å². The minimum atomic E-state index is 0.428. The van der Waals surface area contributed by atoms with E-state index in [1.54, 1.807) is 0 Å². The van der Waals surface area contributed by atoms with Crippen LogP contribution in [0.4, 0.5) is 0 Å². The molecular weight excluding hydrogens is 244 g/mol. The maximum atomic E-state index is 4.47. The van der Waals surface area contributed by atoms with E-state index in [1.165, 1.54) is 30.2 Å². The fraction of sp³-hybridized carbons (Fsp3) is 0.500. The molecule has 0 radical (unpaired) electrons. The van der Waals surface area contributed by atoms with Crippen molar-refractivity contribution in [3.05, 3.63) is 42.1 Å². The summed E-state index contributed by atoms with van der Waals surface area (Å²) in [5.74, 6) is 0. The van der Waals surface area contributed by atoms with E-state index in [1.807, 2.05) is 6.20 Å². The van der Waals surface area contributed by atoms with Crippen LogP contribution in [-0.2, 0) is 6.42 Å². The first-order valence-electron chi connectivity index (χ1n) is 7.76. The molecule has 0 spiro atoms. The number of nitrogens with one attached hydrogen (secondary N) is 1. The average molecular weight is 268 g/mol. The molecule has 2 aromatic rings. The lowest BCUT2D eigenvalue weighted by atomic mass is 9.81. The molecule has 0 bridgehead atoms. The van der Waals surface area contributed by atoms with Gasteiger partial charge in [0.15, 0.2) is 0 Å². The molecule has 1 aromatic heterocycles. The second kappa shape index (κ2) is 5.53. The van der Waals surface area contributed by atoms with Gasteiger partial charge in [0, 0.05) is 17.6 Å². The maximum absolute atomic E-state index is 4.47. The zero-order valence-corrected chi connectivity index (χ0v) is 12.5. The lowest BCUT2D eigenvalue weighted by Crippen LogP contribution is -2.28. The van der Waals surface area contributed by atoms with Gasteiger partial charge in [-0.1, -0.05) is 32.0 Å². The number of benzene rings is 1. The summed E-state index contributed by atoms with van der Waals surface area (Å²) in [6.07, 6.45) is 7.04. The Morgan fingerprint density at radius 2 is 2.15 bits per heavy atom. The molecule has 1 aromatic carbocycles. The van der Waals surface area contributed by atoms with Gasteiger partial charge in [-0.05, 0) is 55.3 Å². The molecule has 1 aliphatic carbocycles. The first-order valence-corrected chi connectivity index (χ1v) is 7.76. The molecule has 106 valence electrons. The number of fused-ring (bicyclic) bond motifs is 1. The highest BCUT2D eigenvalue weighted by Gasteiger charge is 2.34. The topological polar surface area (TPSA) is 24.9 Å². The van der Waals surface area contributed by atoms with Crippen molar-refractivity contribution < 1.29 is 0 Å². The Morgan fingerprint density at radius 3 is 3.00 bits per heavy atom. The lowest BCUT2D eigenvalue weighted by molar-refractivity contribution is 0.323. The third kappa shape index (κ3) is 2.71. The van der Waals surface area contributed by atoms with Crippen molar-refractivity contribution in [1.29, 1.82) is 0 Å². The number of hydrogen-bond donors (Lipinski definition) is 1. The number of nitrogens with zero attached hydrogens (tertiary/aromatic N) is 1. The van der Waals surface area contributed by atoms with Gasteiger partial charge in [0.1, 0.15) is 0 Å². The van der Waals surface area contributed by atoms with E-state index >= 15 is 0 Å². The second-order valence-electron chi connectivity index (χ2n) is 6.47. The van der Waals surface area contributed by atoms with Gasteiger partial charge in [-0.15, -0.1) is 0 Å². The average Bonchev–Trinajstić information content (AvgIpc) is 2.81. The SMILES string of the molecule is CCNC1CCC(C)(Cc2ccnc3ccccc23)C1. The highest BCUT2D eigenvalue weighted by atomic mass is 14.9. The van der Waals surface area contributed by atoms with Gasteiger partial charge in [-0.25, -0.2) is 0 Å². The normalized spacial score (nSPS) is 26.2. The van der Waals surface area contributed by atoms with Crippen LogP contribution >= 0.6 is 0 Å². The first-order chi connectivity index (χ1) is 9.70. The van der Waals surface area contributed by atoms with E-state index in [9.17, 15) is 0 Å². The van der Waals surface area contributed by atoms with E-state index in [0.717, 1.165) is 18.5 Å². The predicted octanol–water partition coefficient (Wildman–Crippen LogP) is 3.95. The number of para-hydroxylation sites is 1. The maximum Gasteiger partial charge on any atom is 0.0704 e. The zero-order chi connectivity index (χ0) is 14.0. The van der Waals surface area contributed by atoms with Gasteiger partial charge >= 0.3 is 0 Å². The van der Waals surface area contributed by atoms with E-state index in [0.29, 0.717) is 11.5 Å². The molecule has 3 rings (SSSR count). The van der Waals surface area contributed by atoms with Crippen molar-refractivity contribution in [2.75, 3.05) is 6.54 Å². The van der Waals surface area contributed by atoms with Crippen molar-refractivity contribution in [2.24, 2.45) is 5.41 Å². The molecule has 2 nitrogen and oxygen atoms in total. The molecular formula is C18H24N2. The van der Waals surface area contributed by atoms with Crippen LogP contribution in [0.25, 0.3) is 10.9 Å². The summed E-state index contributed by atoms with van der Waals surface area (Å²) in [6.45, 7) is 5.73. The predicted molar refractivity (Wildman–Crippen MR) is 84.9 cm³/mol. The molecule has 20 heavy (non-hydrogen) atoms. The Balaban J connectivity index is 1.83. The Labute approximate surface area is 121 Å². The summed E-state index contributed by atoms with van der Waals surface area (Å²) in [5.41, 5.74) is 3.00. The lowest BCUT2D eigenvalue weighted by Gasteiger charge is -2.25. The molecule has 1 N–H and O–H groups in total. The standard InChI is InChI=1S/C18H24N2/c1-3-19-15-8-10-18(2,13-15)12-14-9-11-20-17-7-5-4-6-16(14)17/h4-7,9,11,15,19H,3,8,10,12-13H2,1-2H3. The molecule has 1 heterocycles. The smallest absolute Gasteiger partial charge is 0.0704 e. The Bertz CT molecular complexity index is 587. The van der Waals surface area contributed by atoms with Crippen LogP contribution < -0.4 is 5.32 Å². The van der Waals surface area contributed by atoms with E-state index in [2.05, 4.69) is 54.5 Å². The van der Waals surface area contributed by atoms with Gasteiger partial charge in [0.05, 0.1) is 5.52 Å². The van der Waals surface area contributed by atoms with Crippen molar-refractivity contribution >= 4 is 10.9 Å². The van der Waals surface area contributed by atoms with Crippen molar-refractivity contribution in [3.63, 3.8) is 0 Å². The second-order valence-corrected chi connectivity index (χ2v) is 6.47. The first kappa shape index (κ1) is 13.6. The molecule has 2 atom stereocenters. The van der Waals surface area contributed by atoms with Crippen molar-refractivity contribution in [1.82, 2.24) is 10.3 Å². The third-order valence-electron chi connectivity index (χ3n) is 4.68. The molecule has 0 aliphatic heterocycles. The Kier molecular flexibility index (Phi) is 3.75. The summed E-state index contributed by atoms with van der Waals surface area (Å²) in [7, 11) is 0. The molecule has 0 saturated heterocycles. The zero-order valence-electron chi connectivity index (χ0n) is 12.5. The van der Waals surface area contributed by atoms with E-state index < -0.39 is 0 Å². The van der Waals surface area contributed by atoms with Gasteiger partial charge in [-0.3, -0.25) is 4.98 Å². The summed E-state index contributed by atoms with van der Waals surface area (Å²) in [4.78, 5) is 4.47. The summed E-state index contributed by atoms with van der Waals surface area (Å²) in [6, 6.07) is 11.4. The monoisotopic (exact) mass is 268 g/mol. The fourth-order valence-electron chi connectivity index (χ4n) is 3.71. The van der Waals surface area contributed by atoms with Crippen LogP contribution in [0.2, 0.25) is 0 Å². The number of hydrogen-bond acceptors (Lipinski definition) is 2. The molecule has 0 amide bonds. The minimum Gasteiger partial charge on any atom is -0.314 e. The number of aromatic nitrogens is 1. The quantitative estimate of drug-likeness (QED) is 0.908. The highest BCUT2D eigenvalue weighted by molar-refractivity contribution is 5.81. The number of pyridine rings is 1. The van der Waals surface area contributed by atoms with E-state index in [4.69, 9.17) is 0 Å². The van der Waals surface area contributed by atoms with Gasteiger partial charge in [0.25, 0.3) is 0 Å². The molecule has 2 heteroatoms. The Hall–Kier alpha value is -1.41. The van der Waals surface area contributed by atoms with E-state index in [-0.39, 0.29) is 0 Å². The summed E-state index contributed by atoms with van der Waals surface area (Å²) < 4.78 is 0. The van der Waals surface area contributed by atoms with Crippen LogP contribution in [0.5, 0.6) is 0 Å². The van der Waals surface area contributed by atoms with Crippen LogP contribution in [0, 0.1) is 5.41 Å². The molecule has 1 aliphatic rings. The number of rotatable bonds is 4. The molecule has 2 unspecified atom stereocenters. The van der Waals surface area contributed by atoms with Crippen molar-refractivity contribution in [3.8, 4) is 0 Å². The minimum absolute atomic E-state index is 0.428.